The molecule has 1 aromatic heterocycles. The van der Waals surface area contributed by atoms with E-state index in [2.05, 4.69) is 29.3 Å². The summed E-state index contributed by atoms with van der Waals surface area (Å²) in [6, 6.07) is 17.8. The molecule has 3 rings (SSSR count). The summed E-state index contributed by atoms with van der Waals surface area (Å²) < 4.78 is 2.04. The highest BCUT2D eigenvalue weighted by Crippen LogP contribution is 2.26. The molecular formula is C22H25ClN4OS. The maximum atomic E-state index is 13.1. The lowest BCUT2D eigenvalue weighted by atomic mass is 10.1. The first-order valence-electron chi connectivity index (χ1n) is 9.67. The zero-order valence-corrected chi connectivity index (χ0v) is 18.5. The maximum Gasteiger partial charge on any atom is 0.245 e. The molecule has 0 aliphatic rings. The van der Waals surface area contributed by atoms with E-state index in [1.807, 2.05) is 60.2 Å². The first-order valence-corrected chi connectivity index (χ1v) is 11.3. The molecule has 152 valence electrons. The van der Waals surface area contributed by atoms with Crippen LogP contribution in [0, 0.1) is 0 Å². The van der Waals surface area contributed by atoms with Gasteiger partial charge in [-0.25, -0.2) is 0 Å². The molecule has 1 atom stereocenters. The standard InChI is InChI=1S/C22H25ClN4OS/c1-4-16-11-9-10-14-19(16)27-20(24-25-22(27)29-3)15-26(21(28)18(23)5-2)17-12-7-6-8-13-17/h6-14,18H,4-5,15H2,1-3H3. The van der Waals surface area contributed by atoms with Gasteiger partial charge in [0.15, 0.2) is 11.0 Å². The zero-order chi connectivity index (χ0) is 20.8. The molecule has 0 radical (unpaired) electrons. The van der Waals surface area contributed by atoms with E-state index in [-0.39, 0.29) is 12.5 Å². The van der Waals surface area contributed by atoms with Crippen molar-refractivity contribution >= 4 is 35.0 Å². The van der Waals surface area contributed by atoms with Crippen LogP contribution in [0.3, 0.4) is 0 Å². The van der Waals surface area contributed by atoms with E-state index in [1.54, 1.807) is 4.90 Å². The number of anilines is 1. The van der Waals surface area contributed by atoms with E-state index in [0.29, 0.717) is 12.2 Å². The van der Waals surface area contributed by atoms with Crippen molar-refractivity contribution in [1.29, 1.82) is 0 Å². The molecule has 0 spiro atoms. The van der Waals surface area contributed by atoms with E-state index in [4.69, 9.17) is 11.6 Å². The quantitative estimate of drug-likeness (QED) is 0.370. The predicted molar refractivity (Wildman–Crippen MR) is 120 cm³/mol. The van der Waals surface area contributed by atoms with Crippen LogP contribution in [0.2, 0.25) is 0 Å². The second kappa shape index (κ2) is 9.94. The molecule has 0 saturated carbocycles. The molecule has 0 N–H and O–H groups in total. The summed E-state index contributed by atoms with van der Waals surface area (Å²) in [6.07, 6.45) is 3.43. The number of hydrogen-bond donors (Lipinski definition) is 0. The molecule has 1 amide bonds. The largest absolute Gasteiger partial charge is 0.303 e. The van der Waals surface area contributed by atoms with Crippen LogP contribution in [0.1, 0.15) is 31.7 Å². The fourth-order valence-corrected chi connectivity index (χ4v) is 3.82. The molecule has 1 heterocycles. The first kappa shape index (κ1) is 21.4. The van der Waals surface area contributed by atoms with Gasteiger partial charge in [0.2, 0.25) is 5.91 Å². The molecule has 0 aliphatic heterocycles. The van der Waals surface area contributed by atoms with Gasteiger partial charge >= 0.3 is 0 Å². The summed E-state index contributed by atoms with van der Waals surface area (Å²) in [5.74, 6) is 0.566. The molecule has 0 fully saturated rings. The Kier molecular flexibility index (Phi) is 7.34. The third-order valence-electron chi connectivity index (χ3n) is 4.76. The molecular weight excluding hydrogens is 404 g/mol. The number of thioether (sulfide) groups is 1. The number of aromatic nitrogens is 3. The number of amides is 1. The molecule has 0 saturated heterocycles. The number of nitrogens with zero attached hydrogens (tertiary/aromatic N) is 4. The minimum absolute atomic E-state index is 0.135. The number of rotatable bonds is 8. The van der Waals surface area contributed by atoms with Gasteiger partial charge in [-0.1, -0.05) is 62.0 Å². The molecule has 29 heavy (non-hydrogen) atoms. The Morgan fingerprint density at radius 3 is 2.45 bits per heavy atom. The summed E-state index contributed by atoms with van der Waals surface area (Å²) in [7, 11) is 0. The number of aryl methyl sites for hydroxylation is 1. The highest BCUT2D eigenvalue weighted by molar-refractivity contribution is 7.98. The molecule has 2 aromatic carbocycles. The molecule has 1 unspecified atom stereocenters. The third kappa shape index (κ3) is 4.65. The average molecular weight is 429 g/mol. The van der Waals surface area contributed by atoms with Crippen molar-refractivity contribution in [3.63, 3.8) is 0 Å². The monoisotopic (exact) mass is 428 g/mol. The normalized spacial score (nSPS) is 12.0. The van der Waals surface area contributed by atoms with Crippen LogP contribution in [-0.2, 0) is 17.8 Å². The second-order valence-electron chi connectivity index (χ2n) is 6.56. The number of carbonyl (C=O) groups excluding carboxylic acids is 1. The maximum absolute atomic E-state index is 13.1. The molecule has 7 heteroatoms. The van der Waals surface area contributed by atoms with E-state index in [1.165, 1.54) is 17.3 Å². The van der Waals surface area contributed by atoms with Crippen molar-refractivity contribution in [2.45, 2.75) is 43.8 Å². The lowest BCUT2D eigenvalue weighted by molar-refractivity contribution is -0.118. The number of hydrogen-bond acceptors (Lipinski definition) is 4. The Bertz CT molecular complexity index is 960. The Morgan fingerprint density at radius 2 is 1.79 bits per heavy atom. The molecule has 3 aromatic rings. The Hall–Kier alpha value is -2.31. The lowest BCUT2D eigenvalue weighted by Crippen LogP contribution is -2.37. The topological polar surface area (TPSA) is 51.0 Å². The van der Waals surface area contributed by atoms with E-state index in [9.17, 15) is 4.79 Å². The van der Waals surface area contributed by atoms with Gasteiger partial charge < -0.3 is 4.90 Å². The number of halogens is 1. The molecule has 0 bridgehead atoms. The smallest absolute Gasteiger partial charge is 0.245 e. The van der Waals surface area contributed by atoms with Gasteiger partial charge in [0, 0.05) is 5.69 Å². The van der Waals surface area contributed by atoms with Crippen LogP contribution in [0.15, 0.2) is 59.8 Å². The zero-order valence-electron chi connectivity index (χ0n) is 16.9. The first-order chi connectivity index (χ1) is 14.1. The predicted octanol–water partition coefficient (Wildman–Crippen LogP) is 5.10. The van der Waals surface area contributed by atoms with Crippen LogP contribution in [0.5, 0.6) is 0 Å². The molecule has 5 nitrogen and oxygen atoms in total. The van der Waals surface area contributed by atoms with Gasteiger partial charge in [-0.05, 0) is 42.9 Å². The van der Waals surface area contributed by atoms with Gasteiger partial charge in [0.05, 0.1) is 12.2 Å². The average Bonchev–Trinajstić information content (AvgIpc) is 3.19. The number of benzene rings is 2. The summed E-state index contributed by atoms with van der Waals surface area (Å²) in [4.78, 5) is 14.8. The van der Waals surface area contributed by atoms with E-state index in [0.717, 1.165) is 23.0 Å². The van der Waals surface area contributed by atoms with Crippen molar-refractivity contribution in [3.05, 3.63) is 66.0 Å². The van der Waals surface area contributed by atoms with Crippen molar-refractivity contribution in [2.24, 2.45) is 0 Å². The minimum Gasteiger partial charge on any atom is -0.303 e. The number of alkyl halides is 1. The van der Waals surface area contributed by atoms with Gasteiger partial charge in [-0.2, -0.15) is 0 Å². The number of para-hydroxylation sites is 2. The van der Waals surface area contributed by atoms with Crippen molar-refractivity contribution in [1.82, 2.24) is 14.8 Å². The van der Waals surface area contributed by atoms with Crippen LogP contribution in [0.4, 0.5) is 5.69 Å². The van der Waals surface area contributed by atoms with Crippen LogP contribution >= 0.6 is 23.4 Å². The fourth-order valence-electron chi connectivity index (χ4n) is 3.19. The van der Waals surface area contributed by atoms with Crippen molar-refractivity contribution in [2.75, 3.05) is 11.2 Å². The van der Waals surface area contributed by atoms with Crippen molar-refractivity contribution in [3.8, 4) is 5.69 Å². The van der Waals surface area contributed by atoms with E-state index >= 15 is 0 Å². The van der Waals surface area contributed by atoms with Gasteiger partial charge in [-0.3, -0.25) is 9.36 Å². The molecule has 0 aliphatic carbocycles. The third-order valence-corrected chi connectivity index (χ3v) is 5.88. The minimum atomic E-state index is -0.588. The van der Waals surface area contributed by atoms with Gasteiger partial charge in [0.1, 0.15) is 5.38 Å². The fraction of sp³-hybridized carbons (Fsp3) is 0.318. The lowest BCUT2D eigenvalue weighted by Gasteiger charge is -2.25. The Balaban J connectivity index is 2.07. The SMILES string of the molecule is CCc1ccccc1-n1c(CN(C(=O)C(Cl)CC)c2ccccc2)nnc1SC. The van der Waals surface area contributed by atoms with Crippen LogP contribution in [0.25, 0.3) is 5.69 Å². The van der Waals surface area contributed by atoms with Gasteiger partial charge in [0.25, 0.3) is 0 Å². The summed E-state index contributed by atoms with van der Waals surface area (Å²) in [5.41, 5.74) is 3.03. The van der Waals surface area contributed by atoms with Crippen molar-refractivity contribution < 1.29 is 4.79 Å². The van der Waals surface area contributed by atoms with Crippen LogP contribution < -0.4 is 4.90 Å². The highest BCUT2D eigenvalue weighted by atomic mass is 35.5. The highest BCUT2D eigenvalue weighted by Gasteiger charge is 2.26. The second-order valence-corrected chi connectivity index (χ2v) is 7.86. The summed E-state index contributed by atoms with van der Waals surface area (Å²) >= 11 is 7.86. The van der Waals surface area contributed by atoms with Gasteiger partial charge in [-0.15, -0.1) is 21.8 Å². The summed E-state index contributed by atoms with van der Waals surface area (Å²) in [6.45, 7) is 4.32. The summed E-state index contributed by atoms with van der Waals surface area (Å²) in [5, 5.41) is 8.99. The Morgan fingerprint density at radius 1 is 1.10 bits per heavy atom. The Labute approximate surface area is 181 Å². The number of carbonyl (C=O) groups is 1. The van der Waals surface area contributed by atoms with E-state index < -0.39 is 5.38 Å². The van der Waals surface area contributed by atoms with Crippen LogP contribution in [-0.4, -0.2) is 32.3 Å².